The summed E-state index contributed by atoms with van der Waals surface area (Å²) in [7, 11) is 0. The normalized spacial score (nSPS) is 22.0. The molecular formula is C9H9F2N. The van der Waals surface area contributed by atoms with Gasteiger partial charge in [0.2, 0.25) is 0 Å². The van der Waals surface area contributed by atoms with Crippen LogP contribution in [0, 0.1) is 5.82 Å². The Kier molecular flexibility index (Phi) is 1.81. The average molecular weight is 169 g/mol. The largest absolute Gasteiger partial charge is 0.309 e. The molecule has 1 aliphatic heterocycles. The van der Waals surface area contributed by atoms with E-state index in [2.05, 4.69) is 5.32 Å². The number of alkyl halides is 1. The summed E-state index contributed by atoms with van der Waals surface area (Å²) >= 11 is 0. The van der Waals surface area contributed by atoms with Crippen molar-refractivity contribution in [3.05, 3.63) is 35.1 Å². The number of fused-ring (bicyclic) bond motifs is 1. The Labute approximate surface area is 69.4 Å². The fraction of sp³-hybridized carbons (Fsp3) is 0.333. The lowest BCUT2D eigenvalue weighted by Gasteiger charge is -2.20. The SMILES string of the molecule is Fc1ccc2c(c1)CNCC2F. The molecule has 1 heterocycles. The molecule has 0 fully saturated rings. The summed E-state index contributed by atoms with van der Waals surface area (Å²) in [5.41, 5.74) is 1.35. The van der Waals surface area contributed by atoms with Crippen molar-refractivity contribution in [1.82, 2.24) is 5.32 Å². The van der Waals surface area contributed by atoms with E-state index in [4.69, 9.17) is 0 Å². The van der Waals surface area contributed by atoms with Crippen LogP contribution in [0.3, 0.4) is 0 Å². The number of benzene rings is 1. The molecule has 0 aliphatic carbocycles. The second-order valence-electron chi connectivity index (χ2n) is 2.94. The first-order valence-electron chi connectivity index (χ1n) is 3.90. The lowest BCUT2D eigenvalue weighted by molar-refractivity contribution is 0.310. The number of hydrogen-bond donors (Lipinski definition) is 1. The zero-order chi connectivity index (χ0) is 8.55. The molecule has 0 spiro atoms. The van der Waals surface area contributed by atoms with E-state index in [0.717, 1.165) is 5.56 Å². The van der Waals surface area contributed by atoms with E-state index in [-0.39, 0.29) is 5.82 Å². The molecule has 1 atom stereocenters. The van der Waals surface area contributed by atoms with Gasteiger partial charge in [0.15, 0.2) is 0 Å². The topological polar surface area (TPSA) is 12.0 Å². The molecule has 12 heavy (non-hydrogen) atoms. The second kappa shape index (κ2) is 2.83. The third-order valence-electron chi connectivity index (χ3n) is 2.08. The lowest BCUT2D eigenvalue weighted by Crippen LogP contribution is -2.26. The second-order valence-corrected chi connectivity index (χ2v) is 2.94. The average Bonchev–Trinajstić information content (AvgIpc) is 2.04. The lowest BCUT2D eigenvalue weighted by atomic mass is 10.00. The van der Waals surface area contributed by atoms with E-state index in [1.54, 1.807) is 0 Å². The molecule has 1 N–H and O–H groups in total. The van der Waals surface area contributed by atoms with Crippen LogP contribution in [-0.2, 0) is 6.54 Å². The molecule has 3 heteroatoms. The molecule has 1 nitrogen and oxygen atoms in total. The fourth-order valence-electron chi connectivity index (χ4n) is 1.48. The quantitative estimate of drug-likeness (QED) is 0.625. The van der Waals surface area contributed by atoms with E-state index >= 15 is 0 Å². The van der Waals surface area contributed by atoms with Gasteiger partial charge in [-0.15, -0.1) is 0 Å². The van der Waals surface area contributed by atoms with Gasteiger partial charge >= 0.3 is 0 Å². The predicted octanol–water partition coefficient (Wildman–Crippen LogP) is 1.94. The van der Waals surface area contributed by atoms with Crippen LogP contribution in [0.2, 0.25) is 0 Å². The van der Waals surface area contributed by atoms with E-state index in [1.165, 1.54) is 18.2 Å². The van der Waals surface area contributed by atoms with Gasteiger partial charge in [0.25, 0.3) is 0 Å². The Bertz CT molecular complexity index is 299. The molecule has 0 bridgehead atoms. The highest BCUT2D eigenvalue weighted by Crippen LogP contribution is 2.25. The van der Waals surface area contributed by atoms with Gasteiger partial charge in [-0.3, -0.25) is 0 Å². The predicted molar refractivity (Wildman–Crippen MR) is 42.0 cm³/mol. The minimum absolute atomic E-state index is 0.301. The maximum Gasteiger partial charge on any atom is 0.138 e. The van der Waals surface area contributed by atoms with Crippen LogP contribution >= 0.6 is 0 Å². The summed E-state index contributed by atoms with van der Waals surface area (Å²) in [5.74, 6) is -0.301. The standard InChI is InChI=1S/C9H9F2N/c10-7-1-2-8-6(3-7)4-12-5-9(8)11/h1-3,9,12H,4-5H2. The minimum atomic E-state index is -0.991. The summed E-state index contributed by atoms with van der Waals surface area (Å²) in [5, 5.41) is 2.88. The Hall–Kier alpha value is -0.960. The maximum absolute atomic E-state index is 13.1. The highest BCUT2D eigenvalue weighted by molar-refractivity contribution is 5.31. The van der Waals surface area contributed by atoms with Crippen LogP contribution in [-0.4, -0.2) is 6.54 Å². The first-order valence-corrected chi connectivity index (χ1v) is 3.90. The van der Waals surface area contributed by atoms with Crippen molar-refractivity contribution in [2.24, 2.45) is 0 Å². The van der Waals surface area contributed by atoms with Crippen molar-refractivity contribution in [1.29, 1.82) is 0 Å². The first kappa shape index (κ1) is 7.68. The van der Waals surface area contributed by atoms with Crippen LogP contribution in [0.25, 0.3) is 0 Å². The Morgan fingerprint density at radius 3 is 3.08 bits per heavy atom. The van der Waals surface area contributed by atoms with Crippen molar-refractivity contribution in [3.8, 4) is 0 Å². The summed E-state index contributed by atoms with van der Waals surface area (Å²) in [4.78, 5) is 0. The highest BCUT2D eigenvalue weighted by atomic mass is 19.1. The van der Waals surface area contributed by atoms with Gasteiger partial charge in [-0.25, -0.2) is 8.78 Å². The van der Waals surface area contributed by atoms with Gasteiger partial charge in [-0.2, -0.15) is 0 Å². The highest BCUT2D eigenvalue weighted by Gasteiger charge is 2.18. The molecular weight excluding hydrogens is 160 g/mol. The number of halogens is 2. The fourth-order valence-corrected chi connectivity index (χ4v) is 1.48. The van der Waals surface area contributed by atoms with Crippen LogP contribution in [0.5, 0.6) is 0 Å². The summed E-state index contributed by atoms with van der Waals surface area (Å²) in [6, 6.07) is 4.21. The van der Waals surface area contributed by atoms with Crippen molar-refractivity contribution < 1.29 is 8.78 Å². The van der Waals surface area contributed by atoms with Gasteiger partial charge in [0.05, 0.1) is 0 Å². The summed E-state index contributed by atoms with van der Waals surface area (Å²) in [6.45, 7) is 0.895. The third-order valence-corrected chi connectivity index (χ3v) is 2.08. The Balaban J connectivity index is 2.46. The van der Waals surface area contributed by atoms with Gasteiger partial charge in [-0.05, 0) is 23.3 Å². The van der Waals surface area contributed by atoms with Gasteiger partial charge in [-0.1, -0.05) is 6.07 Å². The summed E-state index contributed by atoms with van der Waals surface area (Å²) in [6.07, 6.45) is -0.991. The first-order chi connectivity index (χ1) is 5.77. The van der Waals surface area contributed by atoms with E-state index < -0.39 is 6.17 Å². The van der Waals surface area contributed by atoms with Gasteiger partial charge in [0, 0.05) is 13.1 Å². The molecule has 64 valence electrons. The molecule has 0 saturated heterocycles. The number of rotatable bonds is 0. The molecule has 1 aromatic rings. The molecule has 0 saturated carbocycles. The monoisotopic (exact) mass is 169 g/mol. The molecule has 0 aromatic heterocycles. The van der Waals surface area contributed by atoms with E-state index in [0.29, 0.717) is 18.7 Å². The smallest absolute Gasteiger partial charge is 0.138 e. The van der Waals surface area contributed by atoms with Crippen molar-refractivity contribution in [2.45, 2.75) is 12.7 Å². The Morgan fingerprint density at radius 2 is 2.25 bits per heavy atom. The number of hydrogen-bond acceptors (Lipinski definition) is 1. The van der Waals surface area contributed by atoms with Crippen molar-refractivity contribution >= 4 is 0 Å². The zero-order valence-corrected chi connectivity index (χ0v) is 6.48. The molecule has 2 rings (SSSR count). The van der Waals surface area contributed by atoms with Gasteiger partial charge in [0.1, 0.15) is 12.0 Å². The molecule has 1 aliphatic rings. The van der Waals surface area contributed by atoms with Crippen molar-refractivity contribution in [3.63, 3.8) is 0 Å². The number of nitrogens with one attached hydrogen (secondary N) is 1. The van der Waals surface area contributed by atoms with Gasteiger partial charge < -0.3 is 5.32 Å². The summed E-state index contributed by atoms with van der Waals surface area (Å²) < 4.78 is 25.8. The molecule has 0 amide bonds. The minimum Gasteiger partial charge on any atom is -0.309 e. The molecule has 1 unspecified atom stereocenters. The van der Waals surface area contributed by atoms with Crippen molar-refractivity contribution in [2.75, 3.05) is 6.54 Å². The van der Waals surface area contributed by atoms with Crippen LogP contribution < -0.4 is 5.32 Å². The zero-order valence-electron chi connectivity index (χ0n) is 6.48. The van der Waals surface area contributed by atoms with Crippen LogP contribution in [0.1, 0.15) is 17.3 Å². The Morgan fingerprint density at radius 1 is 1.42 bits per heavy atom. The van der Waals surface area contributed by atoms with E-state index in [1.807, 2.05) is 0 Å². The van der Waals surface area contributed by atoms with E-state index in [9.17, 15) is 8.78 Å². The molecule has 1 aromatic carbocycles. The third kappa shape index (κ3) is 1.20. The maximum atomic E-state index is 13.1. The van der Waals surface area contributed by atoms with Crippen LogP contribution in [0.4, 0.5) is 8.78 Å². The van der Waals surface area contributed by atoms with Crippen LogP contribution in [0.15, 0.2) is 18.2 Å². The molecule has 0 radical (unpaired) electrons.